The maximum Gasteiger partial charge on any atom is 0.119 e. The van der Waals surface area contributed by atoms with Crippen LogP contribution < -0.4 is 4.74 Å². The summed E-state index contributed by atoms with van der Waals surface area (Å²) in [6, 6.07) is 9.38. The molecule has 2 nitrogen and oxygen atoms in total. The summed E-state index contributed by atoms with van der Waals surface area (Å²) in [4.78, 5) is 0. The van der Waals surface area contributed by atoms with Crippen LogP contribution in [0.4, 0.5) is 0 Å². The minimum atomic E-state index is 0.612. The number of benzene rings is 1. The summed E-state index contributed by atoms with van der Waals surface area (Å²) in [5.74, 6) is 2.53. The second-order valence-electron chi connectivity index (χ2n) is 5.94. The van der Waals surface area contributed by atoms with E-state index >= 15 is 0 Å². The quantitative estimate of drug-likeness (QED) is 0.680. The van der Waals surface area contributed by atoms with Crippen molar-refractivity contribution < 1.29 is 4.74 Å². The molecule has 0 bridgehead atoms. The van der Waals surface area contributed by atoms with Crippen molar-refractivity contribution in [1.82, 2.24) is 0 Å². The average Bonchev–Trinajstić information content (AvgIpc) is 2.54. The fourth-order valence-electron chi connectivity index (χ4n) is 3.10. The number of nitriles is 1. The smallest absolute Gasteiger partial charge is 0.119 e. The van der Waals surface area contributed by atoms with Crippen molar-refractivity contribution in [2.75, 3.05) is 6.61 Å². The Bertz CT molecular complexity index is 475. The molecule has 1 aliphatic carbocycles. The van der Waals surface area contributed by atoms with Gasteiger partial charge in [0, 0.05) is 0 Å². The molecule has 0 atom stereocenters. The first-order chi connectivity index (χ1) is 10.3. The lowest BCUT2D eigenvalue weighted by molar-refractivity contribution is 0.292. The van der Waals surface area contributed by atoms with Gasteiger partial charge in [-0.05, 0) is 61.8 Å². The summed E-state index contributed by atoms with van der Waals surface area (Å²) in [5, 5.41) is 8.74. The molecule has 112 valence electrons. The monoisotopic (exact) mass is 283 g/mol. The fraction of sp³-hybridized carbons (Fsp3) is 0.526. The Kier molecular flexibility index (Phi) is 6.34. The van der Waals surface area contributed by atoms with Gasteiger partial charge in [-0.1, -0.05) is 31.9 Å². The summed E-state index contributed by atoms with van der Waals surface area (Å²) in [6.07, 6.45) is 12.6. The van der Waals surface area contributed by atoms with Crippen molar-refractivity contribution in [3.8, 4) is 11.8 Å². The highest BCUT2D eigenvalue weighted by Gasteiger charge is 2.18. The Morgan fingerprint density at radius 2 is 1.90 bits per heavy atom. The number of allylic oxidation sites excluding steroid dienone is 1. The molecule has 0 amide bonds. The van der Waals surface area contributed by atoms with E-state index in [0.717, 1.165) is 17.6 Å². The van der Waals surface area contributed by atoms with E-state index < -0.39 is 0 Å². The van der Waals surface area contributed by atoms with Crippen LogP contribution in [-0.2, 0) is 0 Å². The Labute approximate surface area is 128 Å². The number of hydrogen-bond donors (Lipinski definition) is 0. The average molecular weight is 283 g/mol. The Balaban J connectivity index is 1.67. The molecular formula is C19H25NO. The van der Waals surface area contributed by atoms with Gasteiger partial charge in [-0.15, -0.1) is 0 Å². The van der Waals surface area contributed by atoms with Crippen LogP contribution in [0.15, 0.2) is 36.4 Å². The second-order valence-corrected chi connectivity index (χ2v) is 5.94. The zero-order valence-electron chi connectivity index (χ0n) is 12.9. The standard InChI is InChI=1S/C19H25NO/c1-2-4-16-6-8-17(9-7-16)5-3-14-21-19-12-10-18(15-20)11-13-19/h3,5,10-13,16-17H,2,4,6-9,14H2,1H3. The van der Waals surface area contributed by atoms with Crippen LogP contribution >= 0.6 is 0 Å². The number of hydrogen-bond acceptors (Lipinski definition) is 2. The summed E-state index contributed by atoms with van der Waals surface area (Å²) < 4.78 is 5.66. The van der Waals surface area contributed by atoms with Crippen molar-refractivity contribution in [2.45, 2.75) is 45.4 Å². The summed E-state index contributed by atoms with van der Waals surface area (Å²) >= 11 is 0. The van der Waals surface area contributed by atoms with Crippen molar-refractivity contribution in [1.29, 1.82) is 5.26 Å². The van der Waals surface area contributed by atoms with Crippen molar-refractivity contribution in [3.05, 3.63) is 42.0 Å². The molecule has 0 heterocycles. The molecule has 0 aliphatic heterocycles. The molecule has 0 aromatic heterocycles. The third kappa shape index (κ3) is 5.27. The SMILES string of the molecule is CCCC1CCC(C=CCOc2ccc(C#N)cc2)CC1. The Morgan fingerprint density at radius 1 is 1.19 bits per heavy atom. The highest BCUT2D eigenvalue weighted by molar-refractivity contribution is 5.34. The van der Waals surface area contributed by atoms with E-state index in [-0.39, 0.29) is 0 Å². The van der Waals surface area contributed by atoms with Crippen molar-refractivity contribution in [2.24, 2.45) is 11.8 Å². The molecule has 1 aromatic rings. The van der Waals surface area contributed by atoms with Gasteiger partial charge in [0.05, 0.1) is 11.6 Å². The third-order valence-corrected chi connectivity index (χ3v) is 4.33. The lowest BCUT2D eigenvalue weighted by Gasteiger charge is -2.26. The highest BCUT2D eigenvalue weighted by Crippen LogP contribution is 2.32. The summed E-state index contributed by atoms with van der Waals surface area (Å²) in [7, 11) is 0. The highest BCUT2D eigenvalue weighted by atomic mass is 16.5. The van der Waals surface area contributed by atoms with E-state index in [1.807, 2.05) is 12.1 Å². The molecule has 1 fully saturated rings. The zero-order valence-corrected chi connectivity index (χ0v) is 12.9. The van der Waals surface area contributed by atoms with Crippen LogP contribution in [0.5, 0.6) is 5.75 Å². The van der Waals surface area contributed by atoms with Gasteiger partial charge in [0.15, 0.2) is 0 Å². The molecule has 1 aliphatic rings. The van der Waals surface area contributed by atoms with Crippen LogP contribution in [0.2, 0.25) is 0 Å². The van der Waals surface area contributed by atoms with Gasteiger partial charge < -0.3 is 4.74 Å². The van der Waals surface area contributed by atoms with E-state index in [4.69, 9.17) is 10.00 Å². The first-order valence-corrected chi connectivity index (χ1v) is 8.11. The summed E-state index contributed by atoms with van der Waals surface area (Å²) in [6.45, 7) is 2.90. The van der Waals surface area contributed by atoms with E-state index in [1.165, 1.54) is 38.5 Å². The summed E-state index contributed by atoms with van der Waals surface area (Å²) in [5.41, 5.74) is 0.668. The molecule has 0 saturated heterocycles. The maximum atomic E-state index is 8.74. The molecule has 0 unspecified atom stereocenters. The van der Waals surface area contributed by atoms with Gasteiger partial charge in [-0.3, -0.25) is 0 Å². The van der Waals surface area contributed by atoms with E-state index in [9.17, 15) is 0 Å². The molecule has 2 rings (SSSR count). The first kappa shape index (κ1) is 15.6. The minimum Gasteiger partial charge on any atom is -0.490 e. The van der Waals surface area contributed by atoms with Crippen LogP contribution in [0.25, 0.3) is 0 Å². The molecule has 21 heavy (non-hydrogen) atoms. The van der Waals surface area contributed by atoms with Crippen molar-refractivity contribution >= 4 is 0 Å². The van der Waals surface area contributed by atoms with Gasteiger partial charge in [0.1, 0.15) is 12.4 Å². The second kappa shape index (κ2) is 8.52. The maximum absolute atomic E-state index is 8.74. The van der Waals surface area contributed by atoms with Crippen molar-refractivity contribution in [3.63, 3.8) is 0 Å². The van der Waals surface area contributed by atoms with E-state index in [0.29, 0.717) is 12.2 Å². The van der Waals surface area contributed by atoms with Crippen LogP contribution in [0, 0.1) is 23.2 Å². The van der Waals surface area contributed by atoms with Gasteiger partial charge >= 0.3 is 0 Å². The third-order valence-electron chi connectivity index (χ3n) is 4.33. The topological polar surface area (TPSA) is 33.0 Å². The number of ether oxygens (including phenoxy) is 1. The van der Waals surface area contributed by atoms with Crippen LogP contribution in [0.3, 0.4) is 0 Å². The number of nitrogens with zero attached hydrogens (tertiary/aromatic N) is 1. The van der Waals surface area contributed by atoms with Crippen LogP contribution in [-0.4, -0.2) is 6.61 Å². The minimum absolute atomic E-state index is 0.612. The molecule has 0 spiro atoms. The zero-order chi connectivity index (χ0) is 14.9. The molecule has 1 saturated carbocycles. The van der Waals surface area contributed by atoms with Gasteiger partial charge in [0.2, 0.25) is 0 Å². The largest absolute Gasteiger partial charge is 0.490 e. The predicted octanol–water partition coefficient (Wildman–Crippen LogP) is 5.10. The van der Waals surface area contributed by atoms with Gasteiger partial charge in [-0.2, -0.15) is 5.26 Å². The lowest BCUT2D eigenvalue weighted by Crippen LogP contribution is -2.13. The normalized spacial score (nSPS) is 22.1. The Hall–Kier alpha value is -1.75. The van der Waals surface area contributed by atoms with Gasteiger partial charge in [0.25, 0.3) is 0 Å². The lowest BCUT2D eigenvalue weighted by atomic mass is 9.80. The molecule has 1 aromatic carbocycles. The molecule has 2 heteroatoms. The predicted molar refractivity (Wildman–Crippen MR) is 86.1 cm³/mol. The first-order valence-electron chi connectivity index (χ1n) is 8.11. The molecule has 0 N–H and O–H groups in total. The fourth-order valence-corrected chi connectivity index (χ4v) is 3.10. The van der Waals surface area contributed by atoms with E-state index in [2.05, 4.69) is 25.1 Å². The Morgan fingerprint density at radius 3 is 2.52 bits per heavy atom. The van der Waals surface area contributed by atoms with Gasteiger partial charge in [-0.25, -0.2) is 0 Å². The molecule has 0 radical (unpaired) electrons. The van der Waals surface area contributed by atoms with E-state index in [1.54, 1.807) is 12.1 Å². The number of rotatable bonds is 6. The molecular weight excluding hydrogens is 258 g/mol. The van der Waals surface area contributed by atoms with Crippen LogP contribution in [0.1, 0.15) is 51.0 Å².